The van der Waals surface area contributed by atoms with Gasteiger partial charge in [-0.1, -0.05) is 23.7 Å². The average molecular weight is 274 g/mol. The molecule has 0 fully saturated rings. The maximum Gasteiger partial charge on any atom is 0.454 e. The standard InChI is InChI=1S/C12H7ClF3NO/c13-9-3-1-2-8-7(6-17-11(8)9)4-5-10(18)12(14,15)16/h1-6,17H. The minimum Gasteiger partial charge on any atom is -0.359 e. The highest BCUT2D eigenvalue weighted by molar-refractivity contribution is 6.35. The number of rotatable bonds is 2. The van der Waals surface area contributed by atoms with Crippen LogP contribution in [-0.2, 0) is 4.79 Å². The van der Waals surface area contributed by atoms with Gasteiger partial charge in [-0.15, -0.1) is 0 Å². The zero-order chi connectivity index (χ0) is 13.3. The van der Waals surface area contributed by atoms with Gasteiger partial charge in [0.2, 0.25) is 0 Å². The van der Waals surface area contributed by atoms with Crippen molar-refractivity contribution in [1.29, 1.82) is 0 Å². The highest BCUT2D eigenvalue weighted by Gasteiger charge is 2.35. The molecular formula is C12H7ClF3NO. The fraction of sp³-hybridized carbons (Fsp3) is 0.0833. The van der Waals surface area contributed by atoms with Crippen LogP contribution in [0.3, 0.4) is 0 Å². The third-order valence-electron chi connectivity index (χ3n) is 2.39. The molecular weight excluding hydrogens is 267 g/mol. The van der Waals surface area contributed by atoms with Crippen molar-refractivity contribution >= 4 is 34.4 Å². The largest absolute Gasteiger partial charge is 0.454 e. The lowest BCUT2D eigenvalue weighted by atomic mass is 10.1. The quantitative estimate of drug-likeness (QED) is 0.825. The zero-order valence-corrected chi connectivity index (χ0v) is 9.64. The SMILES string of the molecule is O=C(C=Cc1c[nH]c2c(Cl)cccc12)C(F)(F)F. The molecule has 0 aliphatic carbocycles. The summed E-state index contributed by atoms with van der Waals surface area (Å²) in [5.41, 5.74) is 1.10. The highest BCUT2D eigenvalue weighted by Crippen LogP contribution is 2.26. The number of H-pyrrole nitrogens is 1. The lowest BCUT2D eigenvalue weighted by Crippen LogP contribution is -2.19. The molecule has 2 rings (SSSR count). The number of carbonyl (C=O) groups excluding carboxylic acids is 1. The van der Waals surface area contributed by atoms with E-state index in [2.05, 4.69) is 4.98 Å². The van der Waals surface area contributed by atoms with Crippen molar-refractivity contribution in [2.24, 2.45) is 0 Å². The molecule has 0 unspecified atom stereocenters. The summed E-state index contributed by atoms with van der Waals surface area (Å²) >= 11 is 5.90. The topological polar surface area (TPSA) is 32.9 Å². The Morgan fingerprint density at radius 2 is 2.06 bits per heavy atom. The summed E-state index contributed by atoms with van der Waals surface area (Å²) < 4.78 is 36.1. The van der Waals surface area contributed by atoms with E-state index in [-0.39, 0.29) is 0 Å². The van der Waals surface area contributed by atoms with Gasteiger partial charge in [0.25, 0.3) is 5.78 Å². The van der Waals surface area contributed by atoms with E-state index in [1.165, 1.54) is 6.20 Å². The molecule has 0 bridgehead atoms. The van der Waals surface area contributed by atoms with Gasteiger partial charge in [0.05, 0.1) is 10.5 Å². The number of allylic oxidation sites excluding steroid dienone is 1. The van der Waals surface area contributed by atoms with E-state index in [1.54, 1.807) is 18.2 Å². The molecule has 94 valence electrons. The maximum atomic E-state index is 12.0. The number of fused-ring (bicyclic) bond motifs is 1. The Bertz CT molecular complexity index is 628. The number of para-hydroxylation sites is 1. The number of aromatic amines is 1. The fourth-order valence-corrected chi connectivity index (χ4v) is 1.77. The first kappa shape index (κ1) is 12.7. The first-order valence-corrected chi connectivity index (χ1v) is 5.32. The second-order valence-electron chi connectivity index (χ2n) is 3.60. The number of hydrogen-bond acceptors (Lipinski definition) is 1. The molecule has 0 amide bonds. The van der Waals surface area contributed by atoms with Crippen LogP contribution >= 0.6 is 11.6 Å². The Labute approximate surface area is 105 Å². The van der Waals surface area contributed by atoms with Crippen LogP contribution in [0.2, 0.25) is 5.02 Å². The van der Waals surface area contributed by atoms with Gasteiger partial charge in [-0.05, 0) is 23.8 Å². The van der Waals surface area contributed by atoms with Crippen LogP contribution in [0.25, 0.3) is 17.0 Å². The molecule has 2 aromatic rings. The Kier molecular flexibility index (Phi) is 3.17. The molecule has 0 radical (unpaired) electrons. The van der Waals surface area contributed by atoms with E-state index in [1.807, 2.05) is 0 Å². The van der Waals surface area contributed by atoms with Gasteiger partial charge in [-0.25, -0.2) is 0 Å². The minimum atomic E-state index is -4.85. The van der Waals surface area contributed by atoms with Crippen molar-refractivity contribution in [3.8, 4) is 0 Å². The molecule has 0 aliphatic rings. The molecule has 0 saturated carbocycles. The third-order valence-corrected chi connectivity index (χ3v) is 2.71. The van der Waals surface area contributed by atoms with E-state index in [4.69, 9.17) is 11.6 Å². The number of hydrogen-bond donors (Lipinski definition) is 1. The second kappa shape index (κ2) is 4.49. The van der Waals surface area contributed by atoms with Crippen molar-refractivity contribution < 1.29 is 18.0 Å². The van der Waals surface area contributed by atoms with Crippen LogP contribution < -0.4 is 0 Å². The van der Waals surface area contributed by atoms with E-state index in [0.29, 0.717) is 27.6 Å². The lowest BCUT2D eigenvalue weighted by Gasteiger charge is -1.99. The van der Waals surface area contributed by atoms with E-state index < -0.39 is 12.0 Å². The molecule has 1 heterocycles. The van der Waals surface area contributed by atoms with Crippen molar-refractivity contribution in [3.63, 3.8) is 0 Å². The predicted octanol–water partition coefficient (Wildman–Crippen LogP) is 3.97. The fourth-order valence-electron chi connectivity index (χ4n) is 1.54. The van der Waals surface area contributed by atoms with Crippen molar-refractivity contribution in [3.05, 3.63) is 41.1 Å². The van der Waals surface area contributed by atoms with Gasteiger partial charge in [0.15, 0.2) is 0 Å². The highest BCUT2D eigenvalue weighted by atomic mass is 35.5. The Hall–Kier alpha value is -1.75. The zero-order valence-electron chi connectivity index (χ0n) is 8.88. The molecule has 0 spiro atoms. The van der Waals surface area contributed by atoms with Crippen LogP contribution in [0.15, 0.2) is 30.5 Å². The van der Waals surface area contributed by atoms with E-state index in [0.717, 1.165) is 6.08 Å². The summed E-state index contributed by atoms with van der Waals surface area (Å²) in [5, 5.41) is 1.13. The van der Waals surface area contributed by atoms with Gasteiger partial charge in [-0.2, -0.15) is 13.2 Å². The van der Waals surface area contributed by atoms with E-state index in [9.17, 15) is 18.0 Å². The van der Waals surface area contributed by atoms with Gasteiger partial charge < -0.3 is 4.98 Å². The number of nitrogens with one attached hydrogen (secondary N) is 1. The first-order chi connectivity index (χ1) is 8.39. The summed E-state index contributed by atoms with van der Waals surface area (Å²) in [7, 11) is 0. The Morgan fingerprint density at radius 3 is 2.72 bits per heavy atom. The summed E-state index contributed by atoms with van der Waals surface area (Å²) in [6, 6.07) is 5.05. The van der Waals surface area contributed by atoms with Crippen LogP contribution in [0.1, 0.15) is 5.56 Å². The van der Waals surface area contributed by atoms with Gasteiger partial charge >= 0.3 is 6.18 Å². The normalized spacial score (nSPS) is 12.4. The first-order valence-electron chi connectivity index (χ1n) is 4.94. The predicted molar refractivity (Wildman–Crippen MR) is 63.4 cm³/mol. The summed E-state index contributed by atoms with van der Waals surface area (Å²) in [5.74, 6) is -1.89. The molecule has 0 aliphatic heterocycles. The van der Waals surface area contributed by atoms with E-state index >= 15 is 0 Å². The van der Waals surface area contributed by atoms with Gasteiger partial charge in [-0.3, -0.25) is 4.79 Å². The van der Waals surface area contributed by atoms with Crippen molar-refractivity contribution in [2.45, 2.75) is 6.18 Å². The second-order valence-corrected chi connectivity index (χ2v) is 4.01. The third kappa shape index (κ3) is 2.41. The van der Waals surface area contributed by atoms with Crippen molar-refractivity contribution in [1.82, 2.24) is 4.98 Å². The Morgan fingerprint density at radius 1 is 1.33 bits per heavy atom. The van der Waals surface area contributed by atoms with Crippen LogP contribution in [0.4, 0.5) is 13.2 Å². The molecule has 1 aromatic heterocycles. The minimum absolute atomic E-state index is 0.467. The number of aromatic nitrogens is 1. The van der Waals surface area contributed by atoms with Gasteiger partial charge in [0.1, 0.15) is 0 Å². The number of halogens is 4. The lowest BCUT2D eigenvalue weighted by molar-refractivity contribution is -0.165. The molecule has 0 atom stereocenters. The number of alkyl halides is 3. The molecule has 2 nitrogen and oxygen atoms in total. The molecule has 1 N–H and O–H groups in total. The summed E-state index contributed by atoms with van der Waals surface area (Å²) in [6.45, 7) is 0. The molecule has 0 saturated heterocycles. The monoisotopic (exact) mass is 273 g/mol. The number of ketones is 1. The number of carbonyl (C=O) groups is 1. The number of benzene rings is 1. The molecule has 1 aromatic carbocycles. The maximum absolute atomic E-state index is 12.0. The summed E-state index contributed by atoms with van der Waals surface area (Å²) in [4.78, 5) is 13.6. The van der Waals surface area contributed by atoms with Crippen LogP contribution in [0, 0.1) is 0 Å². The van der Waals surface area contributed by atoms with Crippen LogP contribution in [-0.4, -0.2) is 16.9 Å². The van der Waals surface area contributed by atoms with Crippen molar-refractivity contribution in [2.75, 3.05) is 0 Å². The Balaban J connectivity index is 2.36. The van der Waals surface area contributed by atoms with Gasteiger partial charge in [0, 0.05) is 11.6 Å². The smallest absolute Gasteiger partial charge is 0.359 e. The molecule has 18 heavy (non-hydrogen) atoms. The molecule has 6 heteroatoms. The average Bonchev–Trinajstić information content (AvgIpc) is 2.69. The summed E-state index contributed by atoms with van der Waals surface area (Å²) in [6.07, 6.45) is -1.73. The van der Waals surface area contributed by atoms with Crippen LogP contribution in [0.5, 0.6) is 0 Å².